The van der Waals surface area contributed by atoms with Crippen LogP contribution >= 0.6 is 15.9 Å². The first-order chi connectivity index (χ1) is 10.0. The molecule has 1 aromatic heterocycles. The number of hydrogen-bond acceptors (Lipinski definition) is 4. The summed E-state index contributed by atoms with van der Waals surface area (Å²) < 4.78 is 0.823. The lowest BCUT2D eigenvalue weighted by Crippen LogP contribution is -2.48. The van der Waals surface area contributed by atoms with E-state index in [1.165, 1.54) is 12.8 Å². The molecule has 2 saturated heterocycles. The summed E-state index contributed by atoms with van der Waals surface area (Å²) >= 11 is 3.40. The summed E-state index contributed by atoms with van der Waals surface area (Å²) in [5.41, 5.74) is 0.625. The Labute approximate surface area is 133 Å². The summed E-state index contributed by atoms with van der Waals surface area (Å²) in [4.78, 5) is 18.8. The summed E-state index contributed by atoms with van der Waals surface area (Å²) in [6.07, 6.45) is 6.25. The molecule has 0 saturated carbocycles. The number of nitrogens with one attached hydrogen (secondary N) is 2. The Bertz CT molecular complexity index is 536. The maximum Gasteiger partial charge on any atom is 0.255 e. The second kappa shape index (κ2) is 5.93. The number of fused-ring (bicyclic) bond motifs is 2. The fourth-order valence-corrected chi connectivity index (χ4v) is 3.73. The van der Waals surface area contributed by atoms with Gasteiger partial charge in [0.2, 0.25) is 0 Å². The Kier molecular flexibility index (Phi) is 4.17. The van der Waals surface area contributed by atoms with Crippen LogP contribution in [0.4, 0.5) is 5.82 Å². The molecule has 5 nitrogen and oxygen atoms in total. The van der Waals surface area contributed by atoms with Gasteiger partial charge in [0.1, 0.15) is 5.82 Å². The number of amides is 1. The molecule has 3 rings (SSSR count). The van der Waals surface area contributed by atoms with Crippen molar-refractivity contribution >= 4 is 27.7 Å². The highest BCUT2D eigenvalue weighted by Gasteiger charge is 2.34. The smallest absolute Gasteiger partial charge is 0.255 e. The van der Waals surface area contributed by atoms with Crippen LogP contribution in [0.15, 0.2) is 16.7 Å². The van der Waals surface area contributed by atoms with Crippen LogP contribution in [0.25, 0.3) is 0 Å². The standard InChI is InChI=1S/C15H21BrN4O/c1-20(2)14-13(5-9(16)8-17-14)15(21)19-12-6-10-3-4-11(7-12)18-10/h5,8,10-12,18H,3-4,6-7H2,1-2H3,(H,19,21). The minimum absolute atomic E-state index is 0.0289. The second-order valence-corrected chi connectivity index (χ2v) is 7.11. The van der Waals surface area contributed by atoms with E-state index in [2.05, 4.69) is 31.5 Å². The topological polar surface area (TPSA) is 57.3 Å². The van der Waals surface area contributed by atoms with E-state index in [0.29, 0.717) is 23.5 Å². The highest BCUT2D eigenvalue weighted by Crippen LogP contribution is 2.27. The predicted molar refractivity (Wildman–Crippen MR) is 86.7 cm³/mol. The summed E-state index contributed by atoms with van der Waals surface area (Å²) in [6, 6.07) is 3.25. The van der Waals surface area contributed by atoms with Gasteiger partial charge in [0, 0.05) is 42.9 Å². The van der Waals surface area contributed by atoms with Crippen LogP contribution in [0, 0.1) is 0 Å². The number of carbonyl (C=O) groups is 1. The highest BCUT2D eigenvalue weighted by molar-refractivity contribution is 9.10. The van der Waals surface area contributed by atoms with Gasteiger partial charge in [-0.2, -0.15) is 0 Å². The fourth-order valence-electron chi connectivity index (χ4n) is 3.39. The van der Waals surface area contributed by atoms with Gasteiger partial charge in [0.15, 0.2) is 0 Å². The van der Waals surface area contributed by atoms with Gasteiger partial charge in [-0.05, 0) is 47.7 Å². The van der Waals surface area contributed by atoms with Gasteiger partial charge in [0.25, 0.3) is 5.91 Å². The number of hydrogen-bond donors (Lipinski definition) is 2. The predicted octanol–water partition coefficient (Wildman–Crippen LogP) is 1.92. The average Bonchev–Trinajstić information content (AvgIpc) is 2.77. The normalized spacial score (nSPS) is 27.5. The lowest BCUT2D eigenvalue weighted by Gasteiger charge is -2.30. The van der Waals surface area contributed by atoms with Crippen molar-refractivity contribution in [2.45, 2.75) is 43.8 Å². The lowest BCUT2D eigenvalue weighted by atomic mass is 9.99. The first-order valence-corrected chi connectivity index (χ1v) is 8.22. The summed E-state index contributed by atoms with van der Waals surface area (Å²) in [7, 11) is 3.80. The van der Waals surface area contributed by atoms with E-state index in [1.54, 1.807) is 6.20 Å². The number of piperidine rings is 1. The Balaban J connectivity index is 1.74. The molecule has 2 fully saturated rings. The average molecular weight is 353 g/mol. The zero-order valence-corrected chi connectivity index (χ0v) is 14.0. The molecule has 3 heterocycles. The van der Waals surface area contributed by atoms with Gasteiger partial charge in [-0.15, -0.1) is 0 Å². The van der Waals surface area contributed by atoms with Gasteiger partial charge < -0.3 is 15.5 Å². The monoisotopic (exact) mass is 352 g/mol. The van der Waals surface area contributed by atoms with E-state index in [-0.39, 0.29) is 11.9 Å². The third-order valence-electron chi connectivity index (χ3n) is 4.31. The fraction of sp³-hybridized carbons (Fsp3) is 0.600. The first-order valence-electron chi connectivity index (χ1n) is 7.42. The van der Waals surface area contributed by atoms with Crippen LogP contribution in [-0.4, -0.2) is 43.1 Å². The molecule has 1 amide bonds. The molecule has 2 aliphatic rings. The second-order valence-electron chi connectivity index (χ2n) is 6.20. The van der Waals surface area contributed by atoms with Gasteiger partial charge in [-0.25, -0.2) is 4.98 Å². The number of nitrogens with zero attached hydrogens (tertiary/aromatic N) is 2. The minimum Gasteiger partial charge on any atom is -0.362 e. The number of anilines is 1. The van der Waals surface area contributed by atoms with E-state index in [9.17, 15) is 4.79 Å². The zero-order valence-electron chi connectivity index (χ0n) is 12.4. The maximum absolute atomic E-state index is 12.6. The summed E-state index contributed by atoms with van der Waals surface area (Å²) in [5, 5.41) is 6.78. The Morgan fingerprint density at radius 1 is 1.38 bits per heavy atom. The van der Waals surface area contributed by atoms with Crippen LogP contribution in [0.3, 0.4) is 0 Å². The van der Waals surface area contributed by atoms with Crippen molar-refractivity contribution < 1.29 is 4.79 Å². The molecule has 2 N–H and O–H groups in total. The summed E-state index contributed by atoms with van der Waals surface area (Å²) in [6.45, 7) is 0. The number of carbonyl (C=O) groups excluding carboxylic acids is 1. The quantitative estimate of drug-likeness (QED) is 0.872. The number of pyridine rings is 1. The molecule has 114 valence electrons. The van der Waals surface area contributed by atoms with Crippen molar-refractivity contribution in [1.82, 2.24) is 15.6 Å². The third-order valence-corrected chi connectivity index (χ3v) is 4.74. The van der Waals surface area contributed by atoms with Crippen molar-refractivity contribution in [2.24, 2.45) is 0 Å². The molecule has 2 atom stereocenters. The lowest BCUT2D eigenvalue weighted by molar-refractivity contribution is 0.0924. The SMILES string of the molecule is CN(C)c1ncc(Br)cc1C(=O)NC1CC2CCC(C1)N2. The minimum atomic E-state index is -0.0289. The van der Waals surface area contributed by atoms with E-state index >= 15 is 0 Å². The van der Waals surface area contributed by atoms with Crippen LogP contribution in [0.1, 0.15) is 36.0 Å². The molecule has 2 unspecified atom stereocenters. The molecule has 0 aromatic carbocycles. The Hall–Kier alpha value is -1.14. The van der Waals surface area contributed by atoms with Gasteiger partial charge >= 0.3 is 0 Å². The molecule has 1 aromatic rings. The molecule has 0 radical (unpaired) electrons. The number of halogens is 1. The van der Waals surface area contributed by atoms with Crippen molar-refractivity contribution in [1.29, 1.82) is 0 Å². The molecule has 2 bridgehead atoms. The van der Waals surface area contributed by atoms with Crippen LogP contribution in [0.2, 0.25) is 0 Å². The van der Waals surface area contributed by atoms with Crippen LogP contribution in [-0.2, 0) is 0 Å². The van der Waals surface area contributed by atoms with Crippen molar-refractivity contribution in [3.63, 3.8) is 0 Å². The maximum atomic E-state index is 12.6. The zero-order chi connectivity index (χ0) is 15.0. The van der Waals surface area contributed by atoms with E-state index in [1.807, 2.05) is 25.1 Å². The van der Waals surface area contributed by atoms with Crippen LogP contribution in [0.5, 0.6) is 0 Å². The third kappa shape index (κ3) is 3.21. The van der Waals surface area contributed by atoms with Gasteiger partial charge in [-0.3, -0.25) is 4.79 Å². The molecule has 6 heteroatoms. The molecule has 21 heavy (non-hydrogen) atoms. The number of aromatic nitrogens is 1. The van der Waals surface area contributed by atoms with E-state index < -0.39 is 0 Å². The Morgan fingerprint density at radius 2 is 2.05 bits per heavy atom. The van der Waals surface area contributed by atoms with Crippen molar-refractivity contribution in [3.8, 4) is 0 Å². The van der Waals surface area contributed by atoms with E-state index in [0.717, 1.165) is 17.3 Å². The van der Waals surface area contributed by atoms with Crippen LogP contribution < -0.4 is 15.5 Å². The largest absolute Gasteiger partial charge is 0.362 e. The molecular formula is C15H21BrN4O. The molecular weight excluding hydrogens is 332 g/mol. The van der Waals surface area contributed by atoms with Gasteiger partial charge in [0.05, 0.1) is 5.56 Å². The van der Waals surface area contributed by atoms with Crippen molar-refractivity contribution in [2.75, 3.05) is 19.0 Å². The number of rotatable bonds is 3. The first kappa shape index (κ1) is 14.8. The molecule has 0 aliphatic carbocycles. The highest BCUT2D eigenvalue weighted by atomic mass is 79.9. The molecule has 2 aliphatic heterocycles. The summed E-state index contributed by atoms with van der Waals surface area (Å²) in [5.74, 6) is 0.673. The Morgan fingerprint density at radius 3 is 2.67 bits per heavy atom. The van der Waals surface area contributed by atoms with Crippen molar-refractivity contribution in [3.05, 3.63) is 22.3 Å². The van der Waals surface area contributed by atoms with E-state index in [4.69, 9.17) is 0 Å². The van der Waals surface area contributed by atoms with Gasteiger partial charge in [-0.1, -0.05) is 0 Å². The molecule has 0 spiro atoms.